The van der Waals surface area contributed by atoms with Gasteiger partial charge < -0.3 is 9.84 Å². The average Bonchev–Trinajstić information content (AvgIpc) is 2.62. The minimum Gasteiger partial charge on any atom is -0.504 e. The van der Waals surface area contributed by atoms with Crippen molar-refractivity contribution in [1.82, 2.24) is 0 Å². The van der Waals surface area contributed by atoms with Crippen LogP contribution in [0.1, 0.15) is 0 Å². The number of phenolic OH excluding ortho intramolecular Hbond substituents is 1. The van der Waals surface area contributed by atoms with Gasteiger partial charge in [0.05, 0.1) is 10.7 Å². The minimum absolute atomic E-state index is 0.00229. The SMILES string of the molecule is O=S(=O)(Nc1ccc(Oc2ccc(Cl)cc2)c(Cl)c1)c1cc(F)cc(F)c1O. The zero-order valence-electron chi connectivity index (χ0n) is 13.8. The molecule has 0 saturated carbocycles. The highest BCUT2D eigenvalue weighted by atomic mass is 35.5. The van der Waals surface area contributed by atoms with Crippen LogP contribution in [-0.4, -0.2) is 13.5 Å². The third-order valence-electron chi connectivity index (χ3n) is 3.51. The summed E-state index contributed by atoms with van der Waals surface area (Å²) in [6.07, 6.45) is 0. The molecule has 146 valence electrons. The van der Waals surface area contributed by atoms with Gasteiger partial charge in [0.25, 0.3) is 10.0 Å². The highest BCUT2D eigenvalue weighted by molar-refractivity contribution is 7.92. The van der Waals surface area contributed by atoms with Crippen LogP contribution in [0.3, 0.4) is 0 Å². The molecule has 5 nitrogen and oxygen atoms in total. The Hall–Kier alpha value is -2.55. The highest BCUT2D eigenvalue weighted by Crippen LogP contribution is 2.34. The predicted molar refractivity (Wildman–Crippen MR) is 102 cm³/mol. The van der Waals surface area contributed by atoms with Gasteiger partial charge in [-0.2, -0.15) is 0 Å². The second-order valence-electron chi connectivity index (χ2n) is 5.54. The molecule has 0 fully saturated rings. The van der Waals surface area contributed by atoms with Crippen LogP contribution in [0.4, 0.5) is 14.5 Å². The molecule has 0 bridgehead atoms. The lowest BCUT2D eigenvalue weighted by atomic mass is 10.3. The van der Waals surface area contributed by atoms with Crippen molar-refractivity contribution in [2.75, 3.05) is 4.72 Å². The Morgan fingerprint density at radius 1 is 0.964 bits per heavy atom. The lowest BCUT2D eigenvalue weighted by molar-refractivity contribution is 0.412. The first-order valence-electron chi connectivity index (χ1n) is 7.59. The van der Waals surface area contributed by atoms with E-state index in [9.17, 15) is 22.3 Å². The molecule has 0 spiro atoms. The van der Waals surface area contributed by atoms with Crippen LogP contribution in [0, 0.1) is 11.6 Å². The van der Waals surface area contributed by atoms with Crippen molar-refractivity contribution in [1.29, 1.82) is 0 Å². The molecule has 0 radical (unpaired) electrons. The van der Waals surface area contributed by atoms with E-state index in [0.717, 1.165) is 0 Å². The van der Waals surface area contributed by atoms with Crippen molar-refractivity contribution in [3.8, 4) is 17.2 Å². The van der Waals surface area contributed by atoms with E-state index < -0.39 is 32.3 Å². The zero-order valence-corrected chi connectivity index (χ0v) is 16.1. The second-order valence-corrected chi connectivity index (χ2v) is 8.04. The molecule has 2 N–H and O–H groups in total. The Kier molecular flexibility index (Phi) is 5.64. The van der Waals surface area contributed by atoms with E-state index in [0.29, 0.717) is 22.9 Å². The molecule has 3 rings (SSSR count). The minimum atomic E-state index is -4.48. The lowest BCUT2D eigenvalue weighted by Crippen LogP contribution is -2.14. The molecule has 28 heavy (non-hydrogen) atoms. The number of sulfonamides is 1. The van der Waals surface area contributed by atoms with E-state index in [4.69, 9.17) is 27.9 Å². The molecule has 0 atom stereocenters. The van der Waals surface area contributed by atoms with Crippen molar-refractivity contribution in [3.63, 3.8) is 0 Å². The maximum absolute atomic E-state index is 13.4. The van der Waals surface area contributed by atoms with E-state index in [2.05, 4.69) is 4.72 Å². The lowest BCUT2D eigenvalue weighted by Gasteiger charge is -2.12. The second kappa shape index (κ2) is 7.83. The molecule has 0 heterocycles. The smallest absolute Gasteiger partial charge is 0.265 e. The summed E-state index contributed by atoms with van der Waals surface area (Å²) in [7, 11) is -4.48. The first-order chi connectivity index (χ1) is 13.2. The van der Waals surface area contributed by atoms with Gasteiger partial charge in [-0.1, -0.05) is 23.2 Å². The standard InChI is InChI=1S/C18H11Cl2F2NO4S/c19-10-1-4-13(5-2-10)27-16-6-3-12(9-14(16)20)23-28(25,26)17-8-11(21)7-15(22)18(17)24/h1-9,23-24H. The van der Waals surface area contributed by atoms with Crippen LogP contribution in [0.15, 0.2) is 59.5 Å². The molecule has 0 amide bonds. The molecule has 0 aliphatic heterocycles. The largest absolute Gasteiger partial charge is 0.504 e. The van der Waals surface area contributed by atoms with Crippen LogP contribution in [0.2, 0.25) is 10.0 Å². The van der Waals surface area contributed by atoms with E-state index >= 15 is 0 Å². The van der Waals surface area contributed by atoms with Crippen LogP contribution < -0.4 is 9.46 Å². The Labute approximate surface area is 169 Å². The van der Waals surface area contributed by atoms with Crippen molar-refractivity contribution in [2.45, 2.75) is 4.90 Å². The number of phenols is 1. The first kappa shape index (κ1) is 20.2. The molecule has 0 unspecified atom stereocenters. The number of hydrogen-bond acceptors (Lipinski definition) is 4. The Balaban J connectivity index is 1.85. The first-order valence-corrected chi connectivity index (χ1v) is 9.83. The summed E-state index contributed by atoms with van der Waals surface area (Å²) >= 11 is 11.9. The highest BCUT2D eigenvalue weighted by Gasteiger charge is 2.23. The molecule has 10 heteroatoms. The number of anilines is 1. The quantitative estimate of drug-likeness (QED) is 0.538. The number of halogens is 4. The third-order valence-corrected chi connectivity index (χ3v) is 5.45. The maximum Gasteiger partial charge on any atom is 0.265 e. The normalized spacial score (nSPS) is 11.3. The Morgan fingerprint density at radius 2 is 1.64 bits per heavy atom. The van der Waals surface area contributed by atoms with Gasteiger partial charge in [-0.15, -0.1) is 0 Å². The van der Waals surface area contributed by atoms with Crippen LogP contribution >= 0.6 is 23.2 Å². The Morgan fingerprint density at radius 3 is 2.29 bits per heavy atom. The molecule has 3 aromatic rings. The number of aromatic hydroxyl groups is 1. The van der Waals surface area contributed by atoms with Gasteiger partial charge in [0.1, 0.15) is 22.2 Å². The van der Waals surface area contributed by atoms with E-state index in [1.54, 1.807) is 24.3 Å². The Bertz CT molecular complexity index is 1140. The van der Waals surface area contributed by atoms with Crippen LogP contribution in [0.25, 0.3) is 0 Å². The van der Waals surface area contributed by atoms with Gasteiger partial charge in [-0.05, 0) is 48.5 Å². The summed E-state index contributed by atoms with van der Waals surface area (Å²) in [5.41, 5.74) is -0.00229. The molecular weight excluding hydrogens is 435 g/mol. The monoisotopic (exact) mass is 445 g/mol. The van der Waals surface area contributed by atoms with Gasteiger partial charge in [-0.25, -0.2) is 17.2 Å². The van der Waals surface area contributed by atoms with E-state index in [-0.39, 0.29) is 16.5 Å². The summed E-state index contributed by atoms with van der Waals surface area (Å²) in [6, 6.07) is 11.3. The van der Waals surface area contributed by atoms with Gasteiger partial charge in [0, 0.05) is 11.1 Å². The average molecular weight is 446 g/mol. The number of benzene rings is 3. The van der Waals surface area contributed by atoms with Crippen molar-refractivity contribution in [2.24, 2.45) is 0 Å². The van der Waals surface area contributed by atoms with Crippen molar-refractivity contribution < 1.29 is 27.0 Å². The maximum atomic E-state index is 13.4. The summed E-state index contributed by atoms with van der Waals surface area (Å²) < 4.78 is 59.1. The van der Waals surface area contributed by atoms with Crippen molar-refractivity contribution in [3.05, 3.63) is 76.3 Å². The van der Waals surface area contributed by atoms with E-state index in [1.165, 1.54) is 18.2 Å². The molecule has 0 aromatic heterocycles. The van der Waals surface area contributed by atoms with Gasteiger partial charge in [-0.3, -0.25) is 4.72 Å². The number of nitrogens with one attached hydrogen (secondary N) is 1. The predicted octanol–water partition coefficient (Wildman–Crippen LogP) is 5.57. The molecule has 0 aliphatic carbocycles. The van der Waals surface area contributed by atoms with Crippen molar-refractivity contribution >= 4 is 38.9 Å². The number of hydrogen-bond donors (Lipinski definition) is 2. The summed E-state index contributed by atoms with van der Waals surface area (Å²) in [5.74, 6) is -3.04. The molecule has 3 aromatic carbocycles. The zero-order chi connectivity index (χ0) is 20.5. The summed E-state index contributed by atoms with van der Waals surface area (Å²) in [5, 5.41) is 10.2. The van der Waals surface area contributed by atoms with Gasteiger partial charge in [0.2, 0.25) is 0 Å². The summed E-state index contributed by atoms with van der Waals surface area (Å²) in [6.45, 7) is 0. The fourth-order valence-electron chi connectivity index (χ4n) is 2.23. The molecular formula is C18H11Cl2F2NO4S. The van der Waals surface area contributed by atoms with Gasteiger partial charge >= 0.3 is 0 Å². The number of rotatable bonds is 5. The van der Waals surface area contributed by atoms with Crippen LogP contribution in [-0.2, 0) is 10.0 Å². The fraction of sp³-hybridized carbons (Fsp3) is 0. The molecule has 0 saturated heterocycles. The van der Waals surface area contributed by atoms with Crippen LogP contribution in [0.5, 0.6) is 17.2 Å². The summed E-state index contributed by atoms with van der Waals surface area (Å²) in [4.78, 5) is -0.942. The fourth-order valence-corrected chi connectivity index (χ4v) is 3.75. The van der Waals surface area contributed by atoms with E-state index in [1.807, 2.05) is 0 Å². The third kappa shape index (κ3) is 4.46. The topological polar surface area (TPSA) is 75.6 Å². The molecule has 0 aliphatic rings. The number of ether oxygens (including phenoxy) is 1. The van der Waals surface area contributed by atoms with Gasteiger partial charge in [0.15, 0.2) is 11.6 Å².